The van der Waals surface area contributed by atoms with E-state index in [0.29, 0.717) is 12.1 Å². The lowest BCUT2D eigenvalue weighted by Gasteiger charge is -2.36. The highest BCUT2D eigenvalue weighted by Gasteiger charge is 2.43. The van der Waals surface area contributed by atoms with E-state index >= 15 is 0 Å². The molecule has 0 spiro atoms. The summed E-state index contributed by atoms with van der Waals surface area (Å²) in [4.78, 5) is 34.0. The normalized spacial score (nSPS) is 25.4. The van der Waals surface area contributed by atoms with Gasteiger partial charge in [-0.15, -0.1) is 0 Å². The maximum Gasteiger partial charge on any atom is 0.251 e. The number of hydrogen-bond donors (Lipinski definition) is 0. The highest BCUT2D eigenvalue weighted by Crippen LogP contribution is 2.29. The van der Waals surface area contributed by atoms with Crippen molar-refractivity contribution in [2.75, 3.05) is 55.6 Å². The van der Waals surface area contributed by atoms with Crippen molar-refractivity contribution in [3.05, 3.63) is 24.3 Å². The van der Waals surface area contributed by atoms with Gasteiger partial charge in [-0.3, -0.25) is 14.5 Å². The summed E-state index contributed by atoms with van der Waals surface area (Å²) in [5.41, 5.74) is 1.89. The molecule has 3 aliphatic heterocycles. The molecule has 6 heteroatoms. The Hall–Kier alpha value is -1.92. The molecule has 27 heavy (non-hydrogen) atoms. The molecule has 0 unspecified atom stereocenters. The molecule has 0 radical (unpaired) electrons. The first kappa shape index (κ1) is 18.4. The Labute approximate surface area is 161 Å². The lowest BCUT2D eigenvalue weighted by atomic mass is 10.1. The van der Waals surface area contributed by atoms with Gasteiger partial charge < -0.3 is 9.80 Å². The fraction of sp³-hybridized carbons (Fsp3) is 0.619. The third-order valence-corrected chi connectivity index (χ3v) is 6.25. The minimum Gasteiger partial charge on any atom is -0.372 e. The van der Waals surface area contributed by atoms with Crippen LogP contribution >= 0.6 is 0 Å². The summed E-state index contributed by atoms with van der Waals surface area (Å²) < 4.78 is 0. The molecule has 6 nitrogen and oxygen atoms in total. The number of carbonyl (C=O) groups is 2. The summed E-state index contributed by atoms with van der Waals surface area (Å²) in [5.74, 6) is -0.135. The fourth-order valence-corrected chi connectivity index (χ4v) is 4.53. The van der Waals surface area contributed by atoms with E-state index in [4.69, 9.17) is 0 Å². The van der Waals surface area contributed by atoms with Gasteiger partial charge in [0.15, 0.2) is 0 Å². The van der Waals surface area contributed by atoms with Crippen LogP contribution in [-0.2, 0) is 9.59 Å². The summed E-state index contributed by atoms with van der Waals surface area (Å²) in [6, 6.07) is 7.66. The van der Waals surface area contributed by atoms with Gasteiger partial charge in [0, 0.05) is 45.0 Å². The molecule has 4 rings (SSSR count). The zero-order valence-electron chi connectivity index (χ0n) is 16.3. The third kappa shape index (κ3) is 3.73. The average Bonchev–Trinajstić information content (AvgIpc) is 3.03. The van der Waals surface area contributed by atoms with Gasteiger partial charge in [-0.25, -0.2) is 4.90 Å². The monoisotopic (exact) mass is 370 g/mol. The van der Waals surface area contributed by atoms with Crippen LogP contribution in [0.5, 0.6) is 0 Å². The molecule has 146 valence electrons. The lowest BCUT2D eigenvalue weighted by molar-refractivity contribution is -0.123. The number of piperazine rings is 1. The van der Waals surface area contributed by atoms with E-state index in [-0.39, 0.29) is 17.9 Å². The summed E-state index contributed by atoms with van der Waals surface area (Å²) >= 11 is 0. The Kier molecular flexibility index (Phi) is 5.45. The number of rotatable bonds is 4. The maximum absolute atomic E-state index is 13.0. The van der Waals surface area contributed by atoms with Gasteiger partial charge in [0.25, 0.3) is 5.91 Å². The molecule has 1 aromatic carbocycles. The molecule has 0 aromatic heterocycles. The van der Waals surface area contributed by atoms with E-state index in [1.807, 2.05) is 12.1 Å². The maximum atomic E-state index is 13.0. The number of anilines is 2. The van der Waals surface area contributed by atoms with Crippen molar-refractivity contribution >= 4 is 23.2 Å². The van der Waals surface area contributed by atoms with Crippen LogP contribution in [0.2, 0.25) is 0 Å². The predicted octanol–water partition coefficient (Wildman–Crippen LogP) is 1.95. The number of nitrogens with zero attached hydrogens (tertiary/aromatic N) is 4. The van der Waals surface area contributed by atoms with Gasteiger partial charge in [0.05, 0.1) is 18.2 Å². The highest BCUT2D eigenvalue weighted by atomic mass is 16.2. The molecule has 0 aliphatic carbocycles. The molecule has 0 bridgehead atoms. The lowest BCUT2D eigenvalue weighted by Crippen LogP contribution is -2.52. The third-order valence-electron chi connectivity index (χ3n) is 6.25. The minimum absolute atomic E-state index is 0.0596. The Morgan fingerprint density at radius 3 is 2.11 bits per heavy atom. The van der Waals surface area contributed by atoms with Gasteiger partial charge in [-0.2, -0.15) is 0 Å². The molecule has 3 heterocycles. The van der Waals surface area contributed by atoms with Crippen LogP contribution in [0.4, 0.5) is 11.4 Å². The number of imide groups is 1. The van der Waals surface area contributed by atoms with Crippen LogP contribution in [0.1, 0.15) is 32.6 Å². The van der Waals surface area contributed by atoms with E-state index in [0.717, 1.165) is 45.8 Å². The van der Waals surface area contributed by atoms with Crippen LogP contribution in [0, 0.1) is 0 Å². The standard InChI is InChI=1S/C21H30N4O2/c1-2-22-12-14-24(15-13-22)19-16-20(26)25(21(19)27)18-8-6-17(7-9-18)23-10-4-3-5-11-23/h6-9,19H,2-5,10-16H2,1H3/t19-/m1/s1. The minimum atomic E-state index is -0.293. The van der Waals surface area contributed by atoms with Crippen LogP contribution in [0.25, 0.3) is 0 Å². The number of amides is 2. The molecule has 3 aliphatic rings. The molecule has 0 N–H and O–H groups in total. The molecular formula is C21H30N4O2. The first-order valence-electron chi connectivity index (χ1n) is 10.4. The van der Waals surface area contributed by atoms with E-state index < -0.39 is 0 Å². The molecule has 3 saturated heterocycles. The number of hydrogen-bond acceptors (Lipinski definition) is 5. The van der Waals surface area contributed by atoms with Crippen molar-refractivity contribution < 1.29 is 9.59 Å². The summed E-state index contributed by atoms with van der Waals surface area (Å²) in [6.07, 6.45) is 4.08. The fourth-order valence-electron chi connectivity index (χ4n) is 4.53. The van der Waals surface area contributed by atoms with Crippen molar-refractivity contribution in [3.8, 4) is 0 Å². The first-order valence-corrected chi connectivity index (χ1v) is 10.4. The number of benzene rings is 1. The molecule has 0 saturated carbocycles. The SMILES string of the molecule is CCN1CCN([C@@H]2CC(=O)N(c3ccc(N4CCCCC4)cc3)C2=O)CC1. The Bertz CT molecular complexity index is 676. The van der Waals surface area contributed by atoms with E-state index in [1.54, 1.807) is 0 Å². The number of carbonyl (C=O) groups excluding carboxylic acids is 2. The van der Waals surface area contributed by atoms with Gasteiger partial charge in [0.2, 0.25) is 5.91 Å². The van der Waals surface area contributed by atoms with Crippen molar-refractivity contribution in [1.29, 1.82) is 0 Å². The molecule has 1 aromatic rings. The second kappa shape index (κ2) is 7.98. The second-order valence-electron chi connectivity index (χ2n) is 7.82. The first-order chi connectivity index (χ1) is 13.2. The van der Waals surface area contributed by atoms with Gasteiger partial charge in [0.1, 0.15) is 0 Å². The van der Waals surface area contributed by atoms with E-state index in [9.17, 15) is 9.59 Å². The average molecular weight is 370 g/mol. The molecule has 1 atom stereocenters. The largest absolute Gasteiger partial charge is 0.372 e. The Morgan fingerprint density at radius 2 is 1.48 bits per heavy atom. The smallest absolute Gasteiger partial charge is 0.251 e. The van der Waals surface area contributed by atoms with Crippen molar-refractivity contribution in [1.82, 2.24) is 9.80 Å². The van der Waals surface area contributed by atoms with Crippen LogP contribution in [-0.4, -0.2) is 73.5 Å². The number of piperidine rings is 1. The van der Waals surface area contributed by atoms with Gasteiger partial charge in [-0.05, 0) is 50.1 Å². The second-order valence-corrected chi connectivity index (χ2v) is 7.82. The zero-order chi connectivity index (χ0) is 18.8. The summed E-state index contributed by atoms with van der Waals surface area (Å²) in [5, 5.41) is 0. The van der Waals surface area contributed by atoms with Crippen molar-refractivity contribution in [2.45, 2.75) is 38.6 Å². The van der Waals surface area contributed by atoms with Crippen LogP contribution < -0.4 is 9.80 Å². The topological polar surface area (TPSA) is 47.1 Å². The molecule has 2 amide bonds. The number of likely N-dealkylation sites (N-methyl/N-ethyl adjacent to an activating group) is 1. The zero-order valence-corrected chi connectivity index (χ0v) is 16.3. The quantitative estimate of drug-likeness (QED) is 0.758. The van der Waals surface area contributed by atoms with Gasteiger partial charge >= 0.3 is 0 Å². The van der Waals surface area contributed by atoms with Crippen LogP contribution in [0.15, 0.2) is 24.3 Å². The summed E-state index contributed by atoms with van der Waals surface area (Å²) in [7, 11) is 0. The molecular weight excluding hydrogens is 340 g/mol. The van der Waals surface area contributed by atoms with Gasteiger partial charge in [-0.1, -0.05) is 6.92 Å². The predicted molar refractivity (Wildman–Crippen MR) is 107 cm³/mol. The van der Waals surface area contributed by atoms with E-state index in [2.05, 4.69) is 33.8 Å². The highest BCUT2D eigenvalue weighted by molar-refractivity contribution is 6.22. The van der Waals surface area contributed by atoms with E-state index in [1.165, 1.54) is 29.8 Å². The Balaban J connectivity index is 1.44. The van der Waals surface area contributed by atoms with Crippen LogP contribution in [0.3, 0.4) is 0 Å². The van der Waals surface area contributed by atoms with Crippen molar-refractivity contribution in [3.63, 3.8) is 0 Å². The van der Waals surface area contributed by atoms with Crippen molar-refractivity contribution in [2.24, 2.45) is 0 Å². The Morgan fingerprint density at radius 1 is 0.852 bits per heavy atom. The molecule has 3 fully saturated rings. The summed E-state index contributed by atoms with van der Waals surface area (Å²) in [6.45, 7) is 9.05.